The molecule has 0 amide bonds. The Hall–Kier alpha value is -7.06. The van der Waals surface area contributed by atoms with Crippen molar-refractivity contribution in [2.24, 2.45) is 0 Å². The summed E-state index contributed by atoms with van der Waals surface area (Å²) in [6.45, 7) is 3.42. The Morgan fingerprint density at radius 3 is 2.45 bits per heavy atom. The lowest BCUT2D eigenvalue weighted by Crippen LogP contribution is -2.30. The van der Waals surface area contributed by atoms with Crippen LogP contribution in [0, 0.1) is 19.7 Å². The van der Waals surface area contributed by atoms with Crippen LogP contribution in [0.15, 0.2) is 102 Å². The van der Waals surface area contributed by atoms with E-state index in [4.69, 9.17) is 28.1 Å². The standard InChI is InChI=1S/C44H37FN4O9/c1-24-16-31-17-25(2)37(24)38-39-42(47-23-48-43(39)58-40(38)26-8-10-28(45)11-9-26)57-36(44(51)52)19-27-18-30(54-22-32(20-50)56-31)12-13-34(27)55-21-29-14-15-46-41(49-29)33-6-4-5-7-35(33)53-3/h4-18,23,32,36,50H,19-22H2,1-3H3,(H,51,52)/t32-,36-/m1/s1. The van der Waals surface area contributed by atoms with E-state index in [1.165, 1.54) is 18.5 Å². The molecule has 0 spiro atoms. The minimum atomic E-state index is -1.49. The number of methoxy groups -OCH3 is 1. The Balaban J connectivity index is 1.22. The third-order valence-electron chi connectivity index (χ3n) is 9.66. The number of carbonyl (C=O) groups is 1. The van der Waals surface area contributed by atoms with E-state index in [1.54, 1.807) is 49.7 Å². The highest BCUT2D eigenvalue weighted by Crippen LogP contribution is 2.46. The van der Waals surface area contributed by atoms with Crippen LogP contribution in [0.2, 0.25) is 0 Å². The van der Waals surface area contributed by atoms with E-state index in [0.29, 0.717) is 67.9 Å². The number of aromatic nitrogens is 4. The average Bonchev–Trinajstić information content (AvgIpc) is 3.61. The van der Waals surface area contributed by atoms with Crippen LogP contribution in [-0.2, 0) is 17.8 Å². The highest BCUT2D eigenvalue weighted by atomic mass is 19.1. The van der Waals surface area contributed by atoms with E-state index < -0.39 is 24.0 Å². The summed E-state index contributed by atoms with van der Waals surface area (Å²) >= 11 is 0. The van der Waals surface area contributed by atoms with Crippen LogP contribution in [0.1, 0.15) is 22.4 Å². The van der Waals surface area contributed by atoms with Gasteiger partial charge in [0.25, 0.3) is 0 Å². The lowest BCUT2D eigenvalue weighted by Gasteiger charge is -2.20. The number of ether oxygens (including phenoxy) is 5. The molecule has 0 aliphatic carbocycles. The van der Waals surface area contributed by atoms with Crippen molar-refractivity contribution in [3.8, 4) is 62.7 Å². The monoisotopic (exact) mass is 784 g/mol. The number of aliphatic hydroxyl groups is 1. The fourth-order valence-corrected chi connectivity index (χ4v) is 6.98. The molecule has 0 saturated carbocycles. The van der Waals surface area contributed by atoms with Crippen molar-refractivity contribution in [3.63, 3.8) is 0 Å². The zero-order valence-electron chi connectivity index (χ0n) is 31.6. The number of furan rings is 1. The van der Waals surface area contributed by atoms with Crippen molar-refractivity contribution in [2.75, 3.05) is 20.3 Å². The van der Waals surface area contributed by atoms with Gasteiger partial charge in [0.15, 0.2) is 11.9 Å². The Bertz CT molecular complexity index is 2610. The molecular formula is C44H37FN4O9. The first-order valence-electron chi connectivity index (χ1n) is 18.3. The molecule has 9 rings (SSSR count). The summed E-state index contributed by atoms with van der Waals surface area (Å²) in [6, 6.07) is 23.6. The molecule has 0 fully saturated rings. The van der Waals surface area contributed by atoms with Gasteiger partial charge in [0.1, 0.15) is 59.5 Å². The van der Waals surface area contributed by atoms with Gasteiger partial charge in [0, 0.05) is 29.3 Å². The van der Waals surface area contributed by atoms with Gasteiger partial charge >= 0.3 is 5.97 Å². The van der Waals surface area contributed by atoms with Crippen molar-refractivity contribution in [2.45, 2.75) is 39.1 Å². The minimum absolute atomic E-state index is 0.0178. The number of rotatable bonds is 8. The van der Waals surface area contributed by atoms with Crippen LogP contribution in [0.4, 0.5) is 4.39 Å². The number of halogens is 1. The molecule has 294 valence electrons. The Kier molecular flexibility index (Phi) is 10.6. The molecule has 58 heavy (non-hydrogen) atoms. The normalized spacial score (nSPS) is 15.2. The average molecular weight is 785 g/mol. The number of nitrogens with zero attached hydrogens (tertiary/aromatic N) is 4. The number of hydrogen-bond acceptors (Lipinski definition) is 12. The SMILES string of the molecule is COc1ccccc1-c1nccc(COc2ccc3cc2C[C@H](C(=O)O)Oc2ncnc4oc(-c5ccc(F)cc5)c(c24)-c2c(C)cc(cc2C)O[C@H](CO)CO3)n1. The van der Waals surface area contributed by atoms with E-state index in [0.717, 1.165) is 16.7 Å². The van der Waals surface area contributed by atoms with Gasteiger partial charge in [-0.2, -0.15) is 0 Å². The number of aryl methyl sites for hydroxylation is 2. The van der Waals surface area contributed by atoms with Gasteiger partial charge in [0.2, 0.25) is 17.7 Å². The molecule has 4 bridgehead atoms. The Labute approximate surface area is 331 Å². The molecule has 2 N–H and O–H groups in total. The number of carboxylic acids is 1. The van der Waals surface area contributed by atoms with Crippen LogP contribution in [0.3, 0.4) is 0 Å². The first-order chi connectivity index (χ1) is 28.2. The molecule has 2 atom stereocenters. The zero-order chi connectivity index (χ0) is 40.3. The van der Waals surface area contributed by atoms with Gasteiger partial charge in [-0.1, -0.05) is 12.1 Å². The van der Waals surface area contributed by atoms with E-state index in [2.05, 4.69) is 19.9 Å². The van der Waals surface area contributed by atoms with Gasteiger partial charge in [-0.15, -0.1) is 0 Å². The van der Waals surface area contributed by atoms with Crippen LogP contribution in [0.5, 0.6) is 28.9 Å². The summed E-state index contributed by atoms with van der Waals surface area (Å²) in [4.78, 5) is 31.0. The van der Waals surface area contributed by atoms with E-state index in [9.17, 15) is 19.4 Å². The third-order valence-corrected chi connectivity index (χ3v) is 9.66. The highest BCUT2D eigenvalue weighted by Gasteiger charge is 2.30. The van der Waals surface area contributed by atoms with Crippen LogP contribution in [0.25, 0.3) is 44.9 Å². The van der Waals surface area contributed by atoms with E-state index in [-0.39, 0.29) is 37.8 Å². The topological polar surface area (TPSA) is 168 Å². The molecule has 0 radical (unpaired) electrons. The maximum atomic E-state index is 14.1. The van der Waals surface area contributed by atoms with Crippen molar-refractivity contribution < 1.29 is 47.5 Å². The smallest absolute Gasteiger partial charge is 0.345 e. The molecule has 0 unspecified atom stereocenters. The molecule has 2 aliphatic heterocycles. The van der Waals surface area contributed by atoms with Gasteiger partial charge in [-0.25, -0.2) is 29.1 Å². The highest BCUT2D eigenvalue weighted by molar-refractivity contribution is 6.04. The second-order valence-electron chi connectivity index (χ2n) is 13.6. The summed E-state index contributed by atoms with van der Waals surface area (Å²) in [6.07, 6.45) is 0.429. The maximum absolute atomic E-state index is 14.1. The molecule has 14 heteroatoms. The Morgan fingerprint density at radius 2 is 1.69 bits per heavy atom. The predicted molar refractivity (Wildman–Crippen MR) is 210 cm³/mol. The van der Waals surface area contributed by atoms with Crippen molar-refractivity contribution >= 4 is 17.1 Å². The number of hydrogen-bond donors (Lipinski definition) is 2. The lowest BCUT2D eigenvalue weighted by atomic mass is 9.92. The number of carboxylic acid groups (broad SMARTS) is 1. The second kappa shape index (κ2) is 16.2. The third kappa shape index (κ3) is 7.69. The number of benzene rings is 4. The molecule has 0 saturated heterocycles. The molecule has 5 heterocycles. The largest absolute Gasteiger partial charge is 0.496 e. The number of aliphatic hydroxyl groups excluding tert-OH is 1. The summed E-state index contributed by atoms with van der Waals surface area (Å²) in [5.41, 5.74) is 5.18. The maximum Gasteiger partial charge on any atom is 0.345 e. The van der Waals surface area contributed by atoms with Gasteiger partial charge < -0.3 is 38.3 Å². The van der Waals surface area contributed by atoms with Gasteiger partial charge in [-0.3, -0.25) is 0 Å². The number of para-hydroxylation sites is 1. The van der Waals surface area contributed by atoms with Crippen molar-refractivity contribution in [3.05, 3.63) is 126 Å². The summed E-state index contributed by atoms with van der Waals surface area (Å²) in [5.74, 6) is 0.915. The summed E-state index contributed by atoms with van der Waals surface area (Å²) in [7, 11) is 1.58. The second-order valence-corrected chi connectivity index (χ2v) is 13.6. The Morgan fingerprint density at radius 1 is 0.897 bits per heavy atom. The summed E-state index contributed by atoms with van der Waals surface area (Å²) in [5, 5.41) is 21.3. The molecule has 3 aromatic heterocycles. The quantitative estimate of drug-likeness (QED) is 0.155. The zero-order valence-corrected chi connectivity index (χ0v) is 31.6. The number of fused-ring (bicyclic) bond motifs is 7. The van der Waals surface area contributed by atoms with E-state index in [1.807, 2.05) is 50.2 Å². The first kappa shape index (κ1) is 37.8. The molecule has 7 aromatic rings. The molecule has 2 aliphatic rings. The molecule has 4 aromatic carbocycles. The van der Waals surface area contributed by atoms with Crippen LogP contribution in [-0.4, -0.2) is 68.6 Å². The lowest BCUT2D eigenvalue weighted by molar-refractivity contribution is -0.145. The number of aliphatic carboxylic acids is 1. The van der Waals surface area contributed by atoms with Crippen LogP contribution >= 0.6 is 0 Å². The fraction of sp³-hybridized carbons (Fsp3) is 0.205. The predicted octanol–water partition coefficient (Wildman–Crippen LogP) is 7.56. The van der Waals surface area contributed by atoms with Crippen LogP contribution < -0.4 is 23.7 Å². The van der Waals surface area contributed by atoms with Crippen molar-refractivity contribution in [1.82, 2.24) is 19.9 Å². The van der Waals surface area contributed by atoms with Crippen molar-refractivity contribution in [1.29, 1.82) is 0 Å². The van der Waals surface area contributed by atoms with Gasteiger partial charge in [0.05, 0.1) is 25.0 Å². The fourth-order valence-electron chi connectivity index (χ4n) is 6.98. The summed E-state index contributed by atoms with van der Waals surface area (Å²) < 4.78 is 50.9. The molecule has 13 nitrogen and oxygen atoms in total. The first-order valence-corrected chi connectivity index (χ1v) is 18.3. The molecular weight excluding hydrogens is 748 g/mol. The minimum Gasteiger partial charge on any atom is -0.496 e. The van der Waals surface area contributed by atoms with Gasteiger partial charge in [-0.05, 0) is 103 Å². The van der Waals surface area contributed by atoms with E-state index >= 15 is 0 Å².